The van der Waals surface area contributed by atoms with Gasteiger partial charge in [0, 0.05) is 22.6 Å². The van der Waals surface area contributed by atoms with Gasteiger partial charge in [-0.2, -0.15) is 5.10 Å². The Kier molecular flexibility index (Phi) is 5.94. The number of aryl methyl sites for hydroxylation is 3. The summed E-state index contributed by atoms with van der Waals surface area (Å²) in [5.74, 6) is 0.349. The molecule has 0 radical (unpaired) electrons. The molecule has 0 fully saturated rings. The van der Waals surface area contributed by atoms with Gasteiger partial charge in [0.05, 0.1) is 6.21 Å². The van der Waals surface area contributed by atoms with Gasteiger partial charge in [0.15, 0.2) is 6.61 Å². The molecule has 0 bridgehead atoms. The summed E-state index contributed by atoms with van der Waals surface area (Å²) in [5.41, 5.74) is 9.30. The van der Waals surface area contributed by atoms with Gasteiger partial charge >= 0.3 is 0 Å². The number of aromatic nitrogens is 1. The largest absolute Gasteiger partial charge is 0.484 e. The summed E-state index contributed by atoms with van der Waals surface area (Å²) in [6.45, 7) is 8.25. The number of ether oxygens (including phenoxy) is 1. The third kappa shape index (κ3) is 4.49. The Bertz CT molecular complexity index is 1000. The van der Waals surface area contributed by atoms with E-state index < -0.39 is 0 Å². The molecule has 1 aromatic heterocycles. The number of nitrogens with zero attached hydrogens (tertiary/aromatic N) is 2. The number of rotatable bonds is 6. The number of carbonyl (C=O) groups is 1. The van der Waals surface area contributed by atoms with E-state index in [1.807, 2.05) is 25.1 Å². The zero-order chi connectivity index (χ0) is 20.1. The minimum atomic E-state index is -0.303. The summed E-state index contributed by atoms with van der Waals surface area (Å²) in [6, 6.07) is 17.7. The van der Waals surface area contributed by atoms with Crippen LogP contribution in [-0.4, -0.2) is 23.3 Å². The first kappa shape index (κ1) is 19.4. The SMILES string of the molecule is Cc1ccc(-n2c(C)cc(/C=N\NC(=O)COc3ccccc3)c2C)cc1C. The fraction of sp³-hybridized carbons (Fsp3) is 0.217. The van der Waals surface area contributed by atoms with Crippen LogP contribution in [0.3, 0.4) is 0 Å². The van der Waals surface area contributed by atoms with Crippen molar-refractivity contribution in [2.24, 2.45) is 5.10 Å². The van der Waals surface area contributed by atoms with Gasteiger partial charge in [-0.1, -0.05) is 24.3 Å². The zero-order valence-corrected chi connectivity index (χ0v) is 16.7. The van der Waals surface area contributed by atoms with E-state index in [4.69, 9.17) is 4.74 Å². The molecule has 0 saturated heterocycles. The lowest BCUT2D eigenvalue weighted by Gasteiger charge is -2.11. The van der Waals surface area contributed by atoms with Crippen LogP contribution in [0.1, 0.15) is 28.1 Å². The van der Waals surface area contributed by atoms with E-state index >= 15 is 0 Å². The van der Waals surface area contributed by atoms with Gasteiger partial charge in [-0.15, -0.1) is 0 Å². The van der Waals surface area contributed by atoms with Crippen molar-refractivity contribution in [1.29, 1.82) is 0 Å². The van der Waals surface area contributed by atoms with Crippen LogP contribution in [0.2, 0.25) is 0 Å². The summed E-state index contributed by atoms with van der Waals surface area (Å²) in [6.07, 6.45) is 1.67. The molecule has 3 rings (SSSR count). The molecule has 1 heterocycles. The Labute approximate surface area is 165 Å². The van der Waals surface area contributed by atoms with Crippen LogP contribution in [0, 0.1) is 27.7 Å². The summed E-state index contributed by atoms with van der Waals surface area (Å²) in [4.78, 5) is 11.9. The lowest BCUT2D eigenvalue weighted by atomic mass is 10.1. The summed E-state index contributed by atoms with van der Waals surface area (Å²) < 4.78 is 7.59. The van der Waals surface area contributed by atoms with Gasteiger partial charge in [-0.05, 0) is 69.2 Å². The molecule has 1 amide bonds. The quantitative estimate of drug-likeness (QED) is 0.517. The minimum absolute atomic E-state index is 0.0803. The Morgan fingerprint density at radius 2 is 1.79 bits per heavy atom. The number of hydrogen-bond donors (Lipinski definition) is 1. The molecule has 144 valence electrons. The van der Waals surface area contributed by atoms with E-state index in [0.717, 1.165) is 22.6 Å². The fourth-order valence-electron chi connectivity index (χ4n) is 3.05. The second-order valence-electron chi connectivity index (χ2n) is 6.83. The third-order valence-corrected chi connectivity index (χ3v) is 4.72. The van der Waals surface area contributed by atoms with Crippen LogP contribution >= 0.6 is 0 Å². The first-order valence-electron chi connectivity index (χ1n) is 9.22. The average Bonchev–Trinajstić information content (AvgIpc) is 2.97. The van der Waals surface area contributed by atoms with Crippen LogP contribution in [-0.2, 0) is 4.79 Å². The first-order chi connectivity index (χ1) is 13.5. The normalized spacial score (nSPS) is 11.0. The molecule has 0 spiro atoms. The predicted octanol–water partition coefficient (Wildman–Crippen LogP) is 4.24. The summed E-state index contributed by atoms with van der Waals surface area (Å²) >= 11 is 0. The number of hydrazone groups is 1. The Balaban J connectivity index is 1.66. The molecule has 0 saturated carbocycles. The lowest BCUT2D eigenvalue weighted by Crippen LogP contribution is -2.24. The molecule has 28 heavy (non-hydrogen) atoms. The minimum Gasteiger partial charge on any atom is -0.484 e. The molecule has 5 heteroatoms. The molecule has 2 aromatic carbocycles. The van der Waals surface area contributed by atoms with Crippen LogP contribution in [0.25, 0.3) is 5.69 Å². The Hall–Kier alpha value is -3.34. The number of amides is 1. The Morgan fingerprint density at radius 3 is 2.50 bits per heavy atom. The topological polar surface area (TPSA) is 55.6 Å². The van der Waals surface area contributed by atoms with Crippen molar-refractivity contribution in [2.45, 2.75) is 27.7 Å². The molecule has 0 unspecified atom stereocenters. The monoisotopic (exact) mass is 375 g/mol. The van der Waals surface area contributed by atoms with Crippen molar-refractivity contribution in [1.82, 2.24) is 9.99 Å². The molecule has 3 aromatic rings. The van der Waals surface area contributed by atoms with E-state index in [1.54, 1.807) is 18.3 Å². The second-order valence-corrected chi connectivity index (χ2v) is 6.83. The standard InChI is InChI=1S/C23H25N3O2/c1-16-10-11-21(12-17(16)2)26-18(3)13-20(19(26)4)14-24-25-23(27)15-28-22-8-6-5-7-9-22/h5-14H,15H2,1-4H3,(H,25,27)/b24-14-. The van der Waals surface area contributed by atoms with Crippen molar-refractivity contribution in [3.05, 3.63) is 82.7 Å². The maximum Gasteiger partial charge on any atom is 0.277 e. The van der Waals surface area contributed by atoms with Crippen LogP contribution in [0.4, 0.5) is 0 Å². The number of para-hydroxylation sites is 1. The third-order valence-electron chi connectivity index (χ3n) is 4.72. The Morgan fingerprint density at radius 1 is 1.04 bits per heavy atom. The molecule has 1 N–H and O–H groups in total. The second kappa shape index (κ2) is 8.57. The van der Waals surface area contributed by atoms with Gasteiger partial charge in [-0.25, -0.2) is 5.43 Å². The van der Waals surface area contributed by atoms with Gasteiger partial charge < -0.3 is 9.30 Å². The van der Waals surface area contributed by atoms with E-state index in [9.17, 15) is 4.79 Å². The van der Waals surface area contributed by atoms with Crippen LogP contribution in [0.15, 0.2) is 59.7 Å². The first-order valence-corrected chi connectivity index (χ1v) is 9.22. The lowest BCUT2D eigenvalue weighted by molar-refractivity contribution is -0.123. The molecule has 0 aliphatic heterocycles. The van der Waals surface area contributed by atoms with Gasteiger partial charge in [0.25, 0.3) is 5.91 Å². The van der Waals surface area contributed by atoms with Crippen LogP contribution in [0.5, 0.6) is 5.75 Å². The van der Waals surface area contributed by atoms with E-state index in [-0.39, 0.29) is 12.5 Å². The summed E-state index contributed by atoms with van der Waals surface area (Å²) in [7, 11) is 0. The molecule has 5 nitrogen and oxygen atoms in total. The molecule has 0 atom stereocenters. The maximum atomic E-state index is 11.9. The highest BCUT2D eigenvalue weighted by molar-refractivity contribution is 5.84. The van der Waals surface area contributed by atoms with Crippen LogP contribution < -0.4 is 10.2 Å². The number of hydrogen-bond acceptors (Lipinski definition) is 3. The van der Waals surface area contributed by atoms with Crippen molar-refractivity contribution < 1.29 is 9.53 Å². The maximum absolute atomic E-state index is 11.9. The fourth-order valence-corrected chi connectivity index (χ4v) is 3.05. The van der Waals surface area contributed by atoms with Gasteiger partial charge in [-0.3, -0.25) is 4.79 Å². The number of benzene rings is 2. The van der Waals surface area contributed by atoms with Crippen molar-refractivity contribution in [3.8, 4) is 11.4 Å². The smallest absolute Gasteiger partial charge is 0.277 e. The number of nitrogens with one attached hydrogen (secondary N) is 1. The molecule has 0 aliphatic carbocycles. The van der Waals surface area contributed by atoms with E-state index in [2.05, 4.69) is 60.1 Å². The number of carbonyl (C=O) groups excluding carboxylic acids is 1. The van der Waals surface area contributed by atoms with E-state index in [1.165, 1.54) is 11.1 Å². The predicted molar refractivity (Wildman–Crippen MR) is 112 cm³/mol. The highest BCUT2D eigenvalue weighted by Gasteiger charge is 2.10. The van der Waals surface area contributed by atoms with Gasteiger partial charge in [0.1, 0.15) is 5.75 Å². The van der Waals surface area contributed by atoms with Crippen molar-refractivity contribution >= 4 is 12.1 Å². The molecular weight excluding hydrogens is 350 g/mol. The average molecular weight is 375 g/mol. The highest BCUT2D eigenvalue weighted by atomic mass is 16.5. The zero-order valence-electron chi connectivity index (χ0n) is 16.7. The van der Waals surface area contributed by atoms with Crippen molar-refractivity contribution in [2.75, 3.05) is 6.61 Å². The van der Waals surface area contributed by atoms with E-state index in [0.29, 0.717) is 5.75 Å². The molecular formula is C23H25N3O2. The van der Waals surface area contributed by atoms with Gasteiger partial charge in [0.2, 0.25) is 0 Å². The summed E-state index contributed by atoms with van der Waals surface area (Å²) in [5, 5.41) is 4.08. The molecule has 0 aliphatic rings. The highest BCUT2D eigenvalue weighted by Crippen LogP contribution is 2.21. The van der Waals surface area contributed by atoms with Crippen molar-refractivity contribution in [3.63, 3.8) is 0 Å².